The minimum atomic E-state index is -0.204. The quantitative estimate of drug-likeness (QED) is 0.901. The highest BCUT2D eigenvalue weighted by Crippen LogP contribution is 2.17. The smallest absolute Gasteiger partial charge is 0.127 e. The molecule has 0 aromatic heterocycles. The first-order valence-corrected chi connectivity index (χ1v) is 7.84. The summed E-state index contributed by atoms with van der Waals surface area (Å²) in [5.74, 6) is -0.204. The van der Waals surface area contributed by atoms with Crippen LogP contribution in [0.5, 0.6) is 0 Å². The average molecular weight is 314 g/mol. The van der Waals surface area contributed by atoms with Crippen molar-refractivity contribution in [2.24, 2.45) is 0 Å². The van der Waals surface area contributed by atoms with E-state index in [2.05, 4.69) is 36.0 Å². The van der Waals surface area contributed by atoms with Gasteiger partial charge in [-0.15, -0.1) is 0 Å². The summed E-state index contributed by atoms with van der Waals surface area (Å²) in [7, 11) is 2.16. The number of nitrogens with zero attached hydrogens (tertiary/aromatic N) is 2. The fraction of sp³-hybridized carbons (Fsp3) is 0.625. The van der Waals surface area contributed by atoms with Crippen LogP contribution in [0.1, 0.15) is 19.4 Å². The van der Waals surface area contributed by atoms with E-state index in [4.69, 9.17) is 11.6 Å². The first-order valence-electron chi connectivity index (χ1n) is 7.47. The van der Waals surface area contributed by atoms with Crippen LogP contribution in [0.2, 0.25) is 5.02 Å². The van der Waals surface area contributed by atoms with Crippen LogP contribution in [0, 0.1) is 5.82 Å². The highest BCUT2D eigenvalue weighted by molar-refractivity contribution is 6.30. The van der Waals surface area contributed by atoms with Crippen LogP contribution < -0.4 is 5.32 Å². The van der Waals surface area contributed by atoms with Gasteiger partial charge in [0.15, 0.2) is 0 Å². The van der Waals surface area contributed by atoms with E-state index in [0.717, 1.165) is 32.7 Å². The lowest BCUT2D eigenvalue weighted by molar-refractivity contribution is 0.0617. The average Bonchev–Trinajstić information content (AvgIpc) is 2.43. The van der Waals surface area contributed by atoms with E-state index in [1.165, 1.54) is 6.07 Å². The number of nitrogens with one attached hydrogen (secondary N) is 1. The zero-order valence-corrected chi connectivity index (χ0v) is 13.9. The minimum Gasteiger partial charge on any atom is -0.311 e. The Morgan fingerprint density at radius 1 is 1.24 bits per heavy atom. The van der Waals surface area contributed by atoms with E-state index < -0.39 is 0 Å². The summed E-state index contributed by atoms with van der Waals surface area (Å²) < 4.78 is 13.7. The largest absolute Gasteiger partial charge is 0.311 e. The summed E-state index contributed by atoms with van der Waals surface area (Å²) in [6.07, 6.45) is 0. The second-order valence-corrected chi connectivity index (χ2v) is 6.88. The maximum Gasteiger partial charge on any atom is 0.127 e. The van der Waals surface area contributed by atoms with Gasteiger partial charge in [0, 0.05) is 55.4 Å². The molecular weight excluding hydrogens is 289 g/mol. The second-order valence-electron chi connectivity index (χ2n) is 6.44. The molecule has 1 heterocycles. The molecule has 0 spiro atoms. The lowest BCUT2D eigenvalue weighted by Gasteiger charge is -2.43. The van der Waals surface area contributed by atoms with Crippen LogP contribution in [0.3, 0.4) is 0 Å². The van der Waals surface area contributed by atoms with Crippen molar-refractivity contribution < 1.29 is 4.39 Å². The lowest BCUT2D eigenvalue weighted by atomic mass is 10.0. The van der Waals surface area contributed by atoms with Crippen molar-refractivity contribution in [1.82, 2.24) is 15.1 Å². The van der Waals surface area contributed by atoms with Crippen LogP contribution in [0.4, 0.5) is 4.39 Å². The summed E-state index contributed by atoms with van der Waals surface area (Å²) in [5.41, 5.74) is 0.688. The Balaban J connectivity index is 1.85. The molecule has 0 unspecified atom stereocenters. The molecule has 1 fully saturated rings. The summed E-state index contributed by atoms with van der Waals surface area (Å²) in [5, 5.41) is 3.94. The van der Waals surface area contributed by atoms with Gasteiger partial charge in [-0.25, -0.2) is 4.39 Å². The monoisotopic (exact) mass is 313 g/mol. The number of piperazine rings is 1. The molecule has 1 N–H and O–H groups in total. The predicted octanol–water partition coefficient (Wildman–Crippen LogP) is 2.59. The molecule has 0 saturated carbocycles. The molecule has 118 valence electrons. The summed E-state index contributed by atoms with van der Waals surface area (Å²) in [4.78, 5) is 4.84. The first-order chi connectivity index (χ1) is 9.88. The van der Waals surface area contributed by atoms with E-state index in [0.29, 0.717) is 17.1 Å². The molecule has 1 aliphatic rings. The van der Waals surface area contributed by atoms with Gasteiger partial charge >= 0.3 is 0 Å². The zero-order valence-electron chi connectivity index (χ0n) is 13.1. The Bertz CT molecular complexity index is 471. The standard InChI is InChI=1S/C16H25ClFN3/c1-16(2,21-8-6-20(3)7-9-21)12-19-11-13-10-14(17)4-5-15(13)18/h4-5,10,19H,6-9,11-12H2,1-3H3. The molecule has 0 aliphatic carbocycles. The molecule has 0 atom stereocenters. The Hall–Kier alpha value is -0.680. The third-order valence-electron chi connectivity index (χ3n) is 4.24. The van der Waals surface area contributed by atoms with Crippen molar-refractivity contribution in [3.63, 3.8) is 0 Å². The zero-order chi connectivity index (χ0) is 15.5. The highest BCUT2D eigenvalue weighted by Gasteiger charge is 2.28. The maximum absolute atomic E-state index is 13.7. The van der Waals surface area contributed by atoms with Crippen molar-refractivity contribution in [2.75, 3.05) is 39.8 Å². The molecule has 21 heavy (non-hydrogen) atoms. The molecule has 1 aromatic carbocycles. The number of rotatable bonds is 5. The second kappa shape index (κ2) is 7.05. The molecule has 2 rings (SSSR count). The van der Waals surface area contributed by atoms with Crippen LogP contribution in [0.25, 0.3) is 0 Å². The Labute approximate surface area is 132 Å². The Morgan fingerprint density at radius 3 is 2.57 bits per heavy atom. The van der Waals surface area contributed by atoms with Gasteiger partial charge in [-0.2, -0.15) is 0 Å². The van der Waals surface area contributed by atoms with Gasteiger partial charge in [0.1, 0.15) is 5.82 Å². The van der Waals surface area contributed by atoms with Crippen LogP contribution in [-0.4, -0.2) is 55.1 Å². The third-order valence-corrected chi connectivity index (χ3v) is 4.48. The van der Waals surface area contributed by atoms with E-state index in [1.807, 2.05) is 0 Å². The summed E-state index contributed by atoms with van der Waals surface area (Å²) in [6, 6.07) is 4.69. The molecule has 0 amide bonds. The van der Waals surface area contributed by atoms with Crippen molar-refractivity contribution in [3.8, 4) is 0 Å². The summed E-state index contributed by atoms with van der Waals surface area (Å²) >= 11 is 5.91. The molecule has 1 aromatic rings. The molecular formula is C16H25ClFN3. The number of halogens is 2. The van der Waals surface area contributed by atoms with Gasteiger partial charge in [-0.05, 0) is 39.1 Å². The molecule has 1 saturated heterocycles. The Kier molecular flexibility index (Phi) is 5.60. The fourth-order valence-corrected chi connectivity index (χ4v) is 2.90. The van der Waals surface area contributed by atoms with E-state index in [9.17, 15) is 4.39 Å². The van der Waals surface area contributed by atoms with Crippen molar-refractivity contribution in [2.45, 2.75) is 25.9 Å². The van der Waals surface area contributed by atoms with Crippen molar-refractivity contribution >= 4 is 11.6 Å². The van der Waals surface area contributed by atoms with Crippen LogP contribution in [0.15, 0.2) is 18.2 Å². The topological polar surface area (TPSA) is 18.5 Å². The maximum atomic E-state index is 13.7. The molecule has 5 heteroatoms. The van der Waals surface area contributed by atoms with E-state index in [-0.39, 0.29) is 11.4 Å². The highest BCUT2D eigenvalue weighted by atomic mass is 35.5. The van der Waals surface area contributed by atoms with Gasteiger partial charge in [0.2, 0.25) is 0 Å². The van der Waals surface area contributed by atoms with Crippen LogP contribution in [-0.2, 0) is 6.54 Å². The van der Waals surface area contributed by atoms with Gasteiger partial charge in [-0.1, -0.05) is 11.6 Å². The van der Waals surface area contributed by atoms with E-state index in [1.54, 1.807) is 12.1 Å². The minimum absolute atomic E-state index is 0.0658. The summed E-state index contributed by atoms with van der Waals surface area (Å²) in [6.45, 7) is 10.2. The third kappa shape index (κ3) is 4.65. The van der Waals surface area contributed by atoms with Gasteiger partial charge in [0.25, 0.3) is 0 Å². The van der Waals surface area contributed by atoms with Gasteiger partial charge in [-0.3, -0.25) is 4.90 Å². The number of likely N-dealkylation sites (N-methyl/N-ethyl adjacent to an activating group) is 1. The number of benzene rings is 1. The van der Waals surface area contributed by atoms with Crippen molar-refractivity contribution in [3.05, 3.63) is 34.6 Å². The normalized spacial score (nSPS) is 18.1. The lowest BCUT2D eigenvalue weighted by Crippen LogP contribution is -2.57. The number of hydrogen-bond donors (Lipinski definition) is 1. The Morgan fingerprint density at radius 2 is 1.90 bits per heavy atom. The van der Waals surface area contributed by atoms with E-state index >= 15 is 0 Å². The van der Waals surface area contributed by atoms with Crippen molar-refractivity contribution in [1.29, 1.82) is 0 Å². The number of hydrogen-bond acceptors (Lipinski definition) is 3. The first kappa shape index (κ1) is 16.7. The van der Waals surface area contributed by atoms with Crippen LogP contribution >= 0.6 is 11.6 Å². The molecule has 0 bridgehead atoms. The SMILES string of the molecule is CN1CCN(C(C)(C)CNCc2cc(Cl)ccc2F)CC1. The van der Waals surface area contributed by atoms with Gasteiger partial charge in [0.05, 0.1) is 0 Å². The molecule has 3 nitrogen and oxygen atoms in total. The van der Waals surface area contributed by atoms with Gasteiger partial charge < -0.3 is 10.2 Å². The molecule has 1 aliphatic heterocycles. The predicted molar refractivity (Wildman–Crippen MR) is 86.3 cm³/mol. The molecule has 0 radical (unpaired) electrons. The fourth-order valence-electron chi connectivity index (χ4n) is 2.71.